The summed E-state index contributed by atoms with van der Waals surface area (Å²) in [5.41, 5.74) is 2.78. The summed E-state index contributed by atoms with van der Waals surface area (Å²) < 4.78 is 1.06. The first-order chi connectivity index (χ1) is 12.0. The van der Waals surface area contributed by atoms with Gasteiger partial charge in [0.25, 0.3) is 0 Å². The lowest BCUT2D eigenvalue weighted by Crippen LogP contribution is -2.13. The van der Waals surface area contributed by atoms with Crippen LogP contribution in [0, 0.1) is 6.92 Å². The van der Waals surface area contributed by atoms with E-state index in [2.05, 4.69) is 21.7 Å². The zero-order valence-electron chi connectivity index (χ0n) is 13.8. The SMILES string of the molecule is CC(=O)Nc1cccc(SCC(=O)Nc2nc3ccc(C)cc3s2)c1. The predicted octanol–water partition coefficient (Wildman–Crippen LogP) is 4.29. The van der Waals surface area contributed by atoms with Crippen LogP contribution in [0.5, 0.6) is 0 Å². The van der Waals surface area contributed by atoms with E-state index in [1.165, 1.54) is 35.6 Å². The maximum absolute atomic E-state index is 12.2. The van der Waals surface area contributed by atoms with Crippen LogP contribution in [0.15, 0.2) is 47.4 Å². The maximum atomic E-state index is 12.2. The number of aromatic nitrogens is 1. The first-order valence-corrected chi connectivity index (χ1v) is 9.47. The second-order valence-corrected chi connectivity index (χ2v) is 7.62. The van der Waals surface area contributed by atoms with Crippen molar-refractivity contribution in [3.8, 4) is 0 Å². The zero-order chi connectivity index (χ0) is 17.8. The van der Waals surface area contributed by atoms with Crippen LogP contribution < -0.4 is 10.6 Å². The number of fused-ring (bicyclic) bond motifs is 1. The normalized spacial score (nSPS) is 10.6. The Hall–Kier alpha value is -2.38. The van der Waals surface area contributed by atoms with Crippen LogP contribution in [0.4, 0.5) is 10.8 Å². The van der Waals surface area contributed by atoms with E-state index in [9.17, 15) is 9.59 Å². The molecule has 0 saturated heterocycles. The fourth-order valence-electron chi connectivity index (χ4n) is 2.26. The molecule has 1 aromatic heterocycles. The molecule has 2 N–H and O–H groups in total. The number of hydrogen-bond donors (Lipinski definition) is 2. The molecule has 128 valence electrons. The monoisotopic (exact) mass is 371 g/mol. The standard InChI is InChI=1S/C18H17N3O2S2/c1-11-6-7-15-16(8-11)25-18(20-15)21-17(23)10-24-14-5-3-4-13(9-14)19-12(2)22/h3-9H,10H2,1-2H3,(H,19,22)(H,20,21,23). The second-order valence-electron chi connectivity index (χ2n) is 5.54. The van der Waals surface area contributed by atoms with Gasteiger partial charge in [0.2, 0.25) is 11.8 Å². The number of rotatable bonds is 5. The predicted molar refractivity (Wildman–Crippen MR) is 104 cm³/mol. The fraction of sp³-hybridized carbons (Fsp3) is 0.167. The van der Waals surface area contributed by atoms with Gasteiger partial charge in [-0.2, -0.15) is 0 Å². The number of anilines is 2. The number of hydrogen-bond acceptors (Lipinski definition) is 5. The number of nitrogens with one attached hydrogen (secondary N) is 2. The summed E-state index contributed by atoms with van der Waals surface area (Å²) in [6.45, 7) is 3.50. The Morgan fingerprint density at radius 2 is 2.00 bits per heavy atom. The molecule has 0 unspecified atom stereocenters. The van der Waals surface area contributed by atoms with Crippen LogP contribution in [0.3, 0.4) is 0 Å². The summed E-state index contributed by atoms with van der Waals surface area (Å²) in [6.07, 6.45) is 0. The molecule has 5 nitrogen and oxygen atoms in total. The van der Waals surface area contributed by atoms with Crippen LogP contribution in [-0.4, -0.2) is 22.6 Å². The molecule has 3 aromatic rings. The van der Waals surface area contributed by atoms with Crippen LogP contribution in [0.1, 0.15) is 12.5 Å². The second kappa shape index (κ2) is 7.67. The molecule has 1 heterocycles. The number of aryl methyl sites for hydroxylation is 1. The highest BCUT2D eigenvalue weighted by atomic mass is 32.2. The van der Waals surface area contributed by atoms with E-state index < -0.39 is 0 Å². The third-order valence-electron chi connectivity index (χ3n) is 3.31. The molecule has 2 amide bonds. The molecule has 0 radical (unpaired) electrons. The molecule has 25 heavy (non-hydrogen) atoms. The van der Waals surface area contributed by atoms with Crippen LogP contribution in [0.2, 0.25) is 0 Å². The molecular weight excluding hydrogens is 354 g/mol. The molecule has 7 heteroatoms. The summed E-state index contributed by atoms with van der Waals surface area (Å²) >= 11 is 2.88. The Morgan fingerprint density at radius 1 is 1.16 bits per heavy atom. The average Bonchev–Trinajstić information content (AvgIpc) is 2.94. The summed E-state index contributed by atoms with van der Waals surface area (Å²) in [5, 5.41) is 6.19. The summed E-state index contributed by atoms with van der Waals surface area (Å²) in [6, 6.07) is 13.4. The quantitative estimate of drug-likeness (QED) is 0.656. The van der Waals surface area contributed by atoms with Gasteiger partial charge in [-0.15, -0.1) is 11.8 Å². The Bertz CT molecular complexity index is 937. The Balaban J connectivity index is 1.59. The minimum absolute atomic E-state index is 0.106. The van der Waals surface area contributed by atoms with E-state index in [1.807, 2.05) is 43.3 Å². The molecule has 0 aliphatic carbocycles. The van der Waals surface area contributed by atoms with E-state index in [0.29, 0.717) is 5.13 Å². The van der Waals surface area contributed by atoms with Gasteiger partial charge >= 0.3 is 0 Å². The van der Waals surface area contributed by atoms with Crippen LogP contribution >= 0.6 is 23.1 Å². The van der Waals surface area contributed by atoms with Crippen molar-refractivity contribution in [2.45, 2.75) is 18.7 Å². The van der Waals surface area contributed by atoms with E-state index >= 15 is 0 Å². The van der Waals surface area contributed by atoms with Gasteiger partial charge in [-0.05, 0) is 42.8 Å². The van der Waals surface area contributed by atoms with Crippen molar-refractivity contribution in [3.05, 3.63) is 48.0 Å². The third-order valence-corrected chi connectivity index (χ3v) is 5.24. The fourth-order valence-corrected chi connectivity index (χ4v) is 3.99. The van der Waals surface area contributed by atoms with Gasteiger partial charge in [0.1, 0.15) is 0 Å². The first kappa shape index (κ1) is 17.4. The third kappa shape index (κ3) is 4.80. The van der Waals surface area contributed by atoms with Crippen LogP contribution in [0.25, 0.3) is 10.2 Å². The highest BCUT2D eigenvalue weighted by Gasteiger charge is 2.09. The minimum atomic E-state index is -0.119. The molecular formula is C18H17N3O2S2. The Morgan fingerprint density at radius 3 is 2.80 bits per heavy atom. The van der Waals surface area contributed by atoms with Gasteiger partial charge in [0, 0.05) is 17.5 Å². The molecule has 2 aromatic carbocycles. The number of nitrogens with zero attached hydrogens (tertiary/aromatic N) is 1. The highest BCUT2D eigenvalue weighted by molar-refractivity contribution is 8.00. The maximum Gasteiger partial charge on any atom is 0.236 e. The molecule has 0 saturated carbocycles. The van der Waals surface area contributed by atoms with E-state index in [1.54, 1.807) is 0 Å². The lowest BCUT2D eigenvalue weighted by atomic mass is 10.2. The van der Waals surface area contributed by atoms with Gasteiger partial charge in [-0.25, -0.2) is 4.98 Å². The van der Waals surface area contributed by atoms with Gasteiger partial charge in [0.15, 0.2) is 5.13 Å². The van der Waals surface area contributed by atoms with Crippen molar-refractivity contribution >= 4 is 55.9 Å². The molecule has 0 spiro atoms. The van der Waals surface area contributed by atoms with Crippen molar-refractivity contribution in [2.24, 2.45) is 0 Å². The average molecular weight is 371 g/mol. The number of thiazole rings is 1. The molecule has 0 atom stereocenters. The van der Waals surface area contributed by atoms with Gasteiger partial charge in [-0.3, -0.25) is 9.59 Å². The zero-order valence-corrected chi connectivity index (χ0v) is 15.5. The van der Waals surface area contributed by atoms with Crippen molar-refractivity contribution in [2.75, 3.05) is 16.4 Å². The van der Waals surface area contributed by atoms with E-state index in [0.717, 1.165) is 20.8 Å². The minimum Gasteiger partial charge on any atom is -0.326 e. The summed E-state index contributed by atoms with van der Waals surface area (Å²) in [4.78, 5) is 28.6. The van der Waals surface area contributed by atoms with Crippen molar-refractivity contribution < 1.29 is 9.59 Å². The van der Waals surface area contributed by atoms with Crippen LogP contribution in [-0.2, 0) is 9.59 Å². The number of carbonyl (C=O) groups is 2. The Labute approximate surface area is 153 Å². The van der Waals surface area contributed by atoms with Gasteiger partial charge in [-0.1, -0.05) is 23.5 Å². The number of amides is 2. The highest BCUT2D eigenvalue weighted by Crippen LogP contribution is 2.27. The Kier molecular flexibility index (Phi) is 5.35. The van der Waals surface area contributed by atoms with Crippen molar-refractivity contribution in [1.29, 1.82) is 0 Å². The van der Waals surface area contributed by atoms with Gasteiger partial charge < -0.3 is 10.6 Å². The largest absolute Gasteiger partial charge is 0.326 e. The lowest BCUT2D eigenvalue weighted by Gasteiger charge is -2.05. The van der Waals surface area contributed by atoms with Crippen molar-refractivity contribution in [3.63, 3.8) is 0 Å². The number of benzene rings is 2. The molecule has 0 fully saturated rings. The molecule has 0 bridgehead atoms. The topological polar surface area (TPSA) is 71.1 Å². The lowest BCUT2D eigenvalue weighted by molar-refractivity contribution is -0.114. The number of thioether (sulfide) groups is 1. The first-order valence-electron chi connectivity index (χ1n) is 7.67. The summed E-state index contributed by atoms with van der Waals surface area (Å²) in [5.74, 6) is 0.0510. The molecule has 0 aliphatic rings. The van der Waals surface area contributed by atoms with Crippen molar-refractivity contribution in [1.82, 2.24) is 4.98 Å². The molecule has 0 aliphatic heterocycles. The van der Waals surface area contributed by atoms with E-state index in [-0.39, 0.29) is 17.6 Å². The van der Waals surface area contributed by atoms with Gasteiger partial charge in [0.05, 0.1) is 16.0 Å². The smallest absolute Gasteiger partial charge is 0.236 e. The number of carbonyl (C=O) groups excluding carboxylic acids is 2. The summed E-state index contributed by atoms with van der Waals surface area (Å²) in [7, 11) is 0. The van der Waals surface area contributed by atoms with E-state index in [4.69, 9.17) is 0 Å². The molecule has 3 rings (SSSR count).